The smallest absolute Gasteiger partial charge is 0.422 e. The number of hydrogen-bond donors (Lipinski definition) is 1. The number of aryl methyl sites for hydroxylation is 1. The van der Waals surface area contributed by atoms with Gasteiger partial charge in [-0.3, -0.25) is 9.48 Å². The average molecular weight is 418 g/mol. The fraction of sp³-hybridized carbons (Fsp3) is 0.381. The molecule has 0 spiro atoms. The van der Waals surface area contributed by atoms with Crippen molar-refractivity contribution in [1.82, 2.24) is 20.1 Å². The van der Waals surface area contributed by atoms with Crippen molar-refractivity contribution in [1.29, 1.82) is 0 Å². The molecule has 3 aromatic rings. The van der Waals surface area contributed by atoms with E-state index in [1.807, 2.05) is 37.0 Å². The van der Waals surface area contributed by atoms with E-state index in [9.17, 15) is 18.0 Å². The van der Waals surface area contributed by atoms with Gasteiger partial charge in [-0.05, 0) is 36.5 Å². The lowest BCUT2D eigenvalue weighted by atomic mass is 10.1. The Morgan fingerprint density at radius 3 is 2.80 bits per heavy atom. The predicted molar refractivity (Wildman–Crippen MR) is 104 cm³/mol. The van der Waals surface area contributed by atoms with Crippen LogP contribution in [-0.2, 0) is 11.8 Å². The van der Waals surface area contributed by atoms with Crippen LogP contribution in [0.4, 0.5) is 13.2 Å². The van der Waals surface area contributed by atoms with Crippen LogP contribution < -0.4 is 10.1 Å². The molecule has 6 nitrogen and oxygen atoms in total. The van der Waals surface area contributed by atoms with Crippen LogP contribution in [0.15, 0.2) is 42.7 Å². The summed E-state index contributed by atoms with van der Waals surface area (Å²) in [5, 5.41) is 8.26. The Morgan fingerprint density at radius 2 is 2.10 bits per heavy atom. The van der Waals surface area contributed by atoms with Gasteiger partial charge in [0, 0.05) is 30.6 Å². The lowest BCUT2D eigenvalue weighted by Crippen LogP contribution is -2.28. The van der Waals surface area contributed by atoms with Crippen molar-refractivity contribution >= 4 is 16.8 Å². The molecule has 1 fully saturated rings. The van der Waals surface area contributed by atoms with E-state index in [4.69, 9.17) is 0 Å². The second-order valence-electron chi connectivity index (χ2n) is 7.60. The van der Waals surface area contributed by atoms with Gasteiger partial charge < -0.3 is 10.1 Å². The van der Waals surface area contributed by atoms with Crippen molar-refractivity contribution in [3.63, 3.8) is 0 Å². The first-order chi connectivity index (χ1) is 14.2. The van der Waals surface area contributed by atoms with Crippen molar-refractivity contribution in [2.45, 2.75) is 31.5 Å². The number of nitrogens with zero attached hydrogens (tertiary/aromatic N) is 3. The summed E-state index contributed by atoms with van der Waals surface area (Å²) in [6, 6.07) is 8.78. The number of hydrogen-bond acceptors (Lipinski definition) is 4. The van der Waals surface area contributed by atoms with Gasteiger partial charge in [0.15, 0.2) is 6.61 Å². The molecule has 1 aliphatic rings. The number of ether oxygens (including phenoxy) is 1. The van der Waals surface area contributed by atoms with E-state index in [1.165, 1.54) is 12.3 Å². The molecule has 1 aliphatic carbocycles. The van der Waals surface area contributed by atoms with E-state index in [-0.39, 0.29) is 29.7 Å². The maximum Gasteiger partial charge on any atom is 0.422 e. The number of rotatable bonds is 6. The molecule has 3 atom stereocenters. The number of amides is 1. The molecule has 3 unspecified atom stereocenters. The molecule has 0 saturated heterocycles. The number of carbonyl (C=O) groups is 1. The van der Waals surface area contributed by atoms with Crippen LogP contribution in [-0.4, -0.2) is 33.5 Å². The fourth-order valence-corrected chi connectivity index (χ4v) is 3.54. The number of nitrogens with one attached hydrogen (secondary N) is 1. The fourth-order valence-electron chi connectivity index (χ4n) is 3.54. The lowest BCUT2D eigenvalue weighted by Gasteiger charge is -2.15. The largest absolute Gasteiger partial charge is 0.468 e. The van der Waals surface area contributed by atoms with Gasteiger partial charge in [0.25, 0.3) is 0 Å². The predicted octanol–water partition coefficient (Wildman–Crippen LogP) is 3.89. The minimum Gasteiger partial charge on any atom is -0.468 e. The maximum absolute atomic E-state index is 12.6. The number of aromatic nitrogens is 3. The minimum absolute atomic E-state index is 0.0463. The van der Waals surface area contributed by atoms with Crippen molar-refractivity contribution in [2.75, 3.05) is 6.61 Å². The summed E-state index contributed by atoms with van der Waals surface area (Å²) in [6.07, 6.45) is -0.406. The number of carbonyl (C=O) groups excluding carboxylic acids is 1. The van der Waals surface area contributed by atoms with Gasteiger partial charge in [-0.2, -0.15) is 18.3 Å². The van der Waals surface area contributed by atoms with Gasteiger partial charge in [0.2, 0.25) is 11.8 Å². The zero-order valence-electron chi connectivity index (χ0n) is 16.5. The zero-order chi connectivity index (χ0) is 21.5. The van der Waals surface area contributed by atoms with E-state index in [1.54, 1.807) is 6.07 Å². The standard InChI is InChI=1S/C21H21F3N4O2/c1-12(14-5-6-19(25-9-14)30-11-21(22,23)24)27-20(29)17-8-16(17)13-3-4-15-10-26-28(2)18(15)7-13/h3-7,9-10,12,16-17H,8,11H2,1-2H3,(H,27,29). The van der Waals surface area contributed by atoms with Crippen LogP contribution in [0.25, 0.3) is 10.9 Å². The molecule has 1 amide bonds. The molecule has 30 heavy (non-hydrogen) atoms. The van der Waals surface area contributed by atoms with Crippen molar-refractivity contribution in [2.24, 2.45) is 13.0 Å². The van der Waals surface area contributed by atoms with Crippen molar-refractivity contribution in [3.05, 3.63) is 53.9 Å². The number of alkyl halides is 3. The second-order valence-corrected chi connectivity index (χ2v) is 7.60. The summed E-state index contributed by atoms with van der Waals surface area (Å²) < 4.78 is 43.0. The summed E-state index contributed by atoms with van der Waals surface area (Å²) in [5.74, 6) is -0.0781. The van der Waals surface area contributed by atoms with Crippen molar-refractivity contribution < 1.29 is 22.7 Å². The highest BCUT2D eigenvalue weighted by molar-refractivity contribution is 5.84. The molecule has 1 saturated carbocycles. The summed E-state index contributed by atoms with van der Waals surface area (Å²) in [4.78, 5) is 16.5. The summed E-state index contributed by atoms with van der Waals surface area (Å²) >= 11 is 0. The van der Waals surface area contributed by atoms with Crippen LogP contribution in [0.2, 0.25) is 0 Å². The molecule has 9 heteroatoms. The SMILES string of the molecule is CC(NC(=O)C1CC1c1ccc2cnn(C)c2c1)c1ccc(OCC(F)(F)F)nc1. The Labute approximate surface area is 171 Å². The summed E-state index contributed by atoms with van der Waals surface area (Å²) in [7, 11) is 1.89. The molecular weight excluding hydrogens is 397 g/mol. The molecule has 1 N–H and O–H groups in total. The molecule has 2 aromatic heterocycles. The first-order valence-corrected chi connectivity index (χ1v) is 9.59. The van der Waals surface area contributed by atoms with Crippen LogP contribution in [0.5, 0.6) is 5.88 Å². The molecule has 0 bridgehead atoms. The van der Waals surface area contributed by atoms with E-state index in [0.29, 0.717) is 5.56 Å². The lowest BCUT2D eigenvalue weighted by molar-refractivity contribution is -0.154. The van der Waals surface area contributed by atoms with Crippen molar-refractivity contribution in [3.8, 4) is 5.88 Å². The molecule has 2 heterocycles. The van der Waals surface area contributed by atoms with Gasteiger partial charge in [-0.1, -0.05) is 18.2 Å². The molecule has 0 radical (unpaired) electrons. The Bertz CT molecular complexity index is 1060. The second kappa shape index (κ2) is 7.62. The molecule has 1 aromatic carbocycles. The third-order valence-electron chi connectivity index (χ3n) is 5.33. The third kappa shape index (κ3) is 4.39. The third-order valence-corrected chi connectivity index (χ3v) is 5.33. The van der Waals surface area contributed by atoms with Gasteiger partial charge in [-0.15, -0.1) is 0 Å². The number of halogens is 3. The van der Waals surface area contributed by atoms with Gasteiger partial charge in [0.1, 0.15) is 0 Å². The highest BCUT2D eigenvalue weighted by Crippen LogP contribution is 2.48. The van der Waals surface area contributed by atoms with Crippen LogP contribution >= 0.6 is 0 Å². The Balaban J connectivity index is 1.34. The maximum atomic E-state index is 12.6. The topological polar surface area (TPSA) is 69.0 Å². The minimum atomic E-state index is -4.41. The van der Waals surface area contributed by atoms with Gasteiger partial charge in [0.05, 0.1) is 17.8 Å². The summed E-state index contributed by atoms with van der Waals surface area (Å²) in [6.45, 7) is 0.420. The normalized spacial score (nSPS) is 19.5. The van der Waals surface area contributed by atoms with Crippen LogP contribution in [0.3, 0.4) is 0 Å². The summed E-state index contributed by atoms with van der Waals surface area (Å²) in [5.41, 5.74) is 2.84. The zero-order valence-corrected chi connectivity index (χ0v) is 16.5. The Morgan fingerprint density at radius 1 is 1.30 bits per heavy atom. The first kappa shape index (κ1) is 20.2. The molecular formula is C21H21F3N4O2. The van der Waals surface area contributed by atoms with E-state index in [0.717, 1.165) is 22.9 Å². The Kier molecular flexibility index (Phi) is 5.13. The molecule has 4 rings (SSSR count). The van der Waals surface area contributed by atoms with Crippen LogP contribution in [0.1, 0.15) is 36.4 Å². The monoisotopic (exact) mass is 418 g/mol. The Hall–Kier alpha value is -3.10. The first-order valence-electron chi connectivity index (χ1n) is 9.59. The highest BCUT2D eigenvalue weighted by atomic mass is 19.4. The van der Waals surface area contributed by atoms with E-state index >= 15 is 0 Å². The number of benzene rings is 1. The van der Waals surface area contributed by atoms with E-state index in [2.05, 4.69) is 26.2 Å². The quantitative estimate of drug-likeness (QED) is 0.660. The van der Waals surface area contributed by atoms with E-state index < -0.39 is 12.8 Å². The van der Waals surface area contributed by atoms with Crippen LogP contribution in [0, 0.1) is 5.92 Å². The van der Waals surface area contributed by atoms with Gasteiger partial charge in [-0.25, -0.2) is 4.98 Å². The number of pyridine rings is 1. The number of fused-ring (bicyclic) bond motifs is 1. The van der Waals surface area contributed by atoms with Gasteiger partial charge >= 0.3 is 6.18 Å². The molecule has 0 aliphatic heterocycles. The molecule has 158 valence electrons. The average Bonchev–Trinajstić information content (AvgIpc) is 3.43. The highest BCUT2D eigenvalue weighted by Gasteiger charge is 2.44.